The highest BCUT2D eigenvalue weighted by molar-refractivity contribution is 6.12. The number of nitrogens with zero attached hydrogens (tertiary/aromatic N) is 1. The largest absolute Gasteiger partial charge is 0.493 e. The molecule has 1 N–H and O–H groups in total. The minimum absolute atomic E-state index is 0.186. The number of carbonyl (C=O) groups excluding carboxylic acids is 1. The molecule has 0 amide bonds. The fraction of sp³-hybridized carbons (Fsp3) is 0.375. The van der Waals surface area contributed by atoms with E-state index in [1.807, 2.05) is 19.2 Å². The average molecular weight is 512 g/mol. The van der Waals surface area contributed by atoms with Gasteiger partial charge in [0.15, 0.2) is 0 Å². The molecule has 6 nitrogen and oxygen atoms in total. The predicted octanol–water partition coefficient (Wildman–Crippen LogP) is 5.74. The van der Waals surface area contributed by atoms with Crippen molar-refractivity contribution in [3.05, 3.63) is 82.1 Å². The number of aliphatic hydroxyl groups is 1. The minimum Gasteiger partial charge on any atom is -0.493 e. The lowest BCUT2D eigenvalue weighted by Crippen LogP contribution is -2.12. The van der Waals surface area contributed by atoms with Gasteiger partial charge < -0.3 is 19.3 Å². The van der Waals surface area contributed by atoms with Crippen LogP contribution in [0.4, 0.5) is 0 Å². The van der Waals surface area contributed by atoms with Crippen LogP contribution in [0, 0.1) is 19.8 Å². The van der Waals surface area contributed by atoms with Crippen LogP contribution in [-0.2, 0) is 22.6 Å². The molecule has 196 valence electrons. The van der Waals surface area contributed by atoms with Gasteiger partial charge in [-0.05, 0) is 97.2 Å². The number of esters is 1. The van der Waals surface area contributed by atoms with Crippen LogP contribution < -0.4 is 9.47 Å². The van der Waals surface area contributed by atoms with Gasteiger partial charge in [0.05, 0.1) is 18.8 Å². The molecule has 3 aliphatic rings. The molecule has 6 heteroatoms. The summed E-state index contributed by atoms with van der Waals surface area (Å²) in [5.41, 5.74) is 9.34. The van der Waals surface area contributed by atoms with Gasteiger partial charge in [0, 0.05) is 35.7 Å². The number of fused-ring (bicyclic) bond motifs is 3. The number of hydrogen-bond acceptors (Lipinski definition) is 6. The molecule has 0 aliphatic heterocycles. The van der Waals surface area contributed by atoms with Gasteiger partial charge >= 0.3 is 5.97 Å². The number of allylic oxidation sites excluding steroid dienone is 1. The maximum absolute atomic E-state index is 12.1. The fourth-order valence-corrected chi connectivity index (χ4v) is 5.64. The zero-order valence-corrected chi connectivity index (χ0v) is 22.2. The molecule has 1 atom stereocenters. The topological polar surface area (TPSA) is 77.9 Å². The first-order valence-corrected chi connectivity index (χ1v) is 13.4. The van der Waals surface area contributed by atoms with E-state index in [4.69, 9.17) is 14.2 Å². The van der Waals surface area contributed by atoms with E-state index in [-0.39, 0.29) is 11.9 Å². The summed E-state index contributed by atoms with van der Waals surface area (Å²) in [5.74, 6) is 1.43. The summed E-state index contributed by atoms with van der Waals surface area (Å²) in [7, 11) is 0. The number of rotatable bonds is 10. The molecule has 0 bridgehead atoms. The molecule has 1 aromatic heterocycles. The van der Waals surface area contributed by atoms with Crippen molar-refractivity contribution in [1.82, 2.24) is 4.98 Å². The molecule has 0 spiro atoms. The molecule has 2 aromatic carbocycles. The molecular formula is C32H33NO5. The summed E-state index contributed by atoms with van der Waals surface area (Å²) in [6, 6.07) is 14.5. The lowest BCUT2D eigenvalue weighted by atomic mass is 9.94. The Morgan fingerprint density at radius 1 is 1.11 bits per heavy atom. The maximum Gasteiger partial charge on any atom is 0.334 e. The molecule has 38 heavy (non-hydrogen) atoms. The van der Waals surface area contributed by atoms with Gasteiger partial charge in [-0.2, -0.15) is 0 Å². The Kier molecular flexibility index (Phi) is 6.23. The second kappa shape index (κ2) is 9.59. The van der Waals surface area contributed by atoms with E-state index in [0.717, 1.165) is 64.0 Å². The summed E-state index contributed by atoms with van der Waals surface area (Å²) in [6.45, 7) is 7.38. The summed E-state index contributed by atoms with van der Waals surface area (Å²) in [5, 5.41) is 10.0. The minimum atomic E-state index is -0.493. The lowest BCUT2D eigenvalue weighted by Gasteiger charge is -2.16. The number of benzene rings is 2. The molecule has 6 rings (SSSR count). The van der Waals surface area contributed by atoms with Crippen molar-refractivity contribution in [2.75, 3.05) is 13.2 Å². The first-order chi connectivity index (χ1) is 18.3. The maximum atomic E-state index is 12.1. The molecule has 0 unspecified atom stereocenters. The molecule has 1 heterocycles. The van der Waals surface area contributed by atoms with Gasteiger partial charge in [0.2, 0.25) is 5.88 Å². The van der Waals surface area contributed by atoms with Crippen LogP contribution >= 0.6 is 0 Å². The van der Waals surface area contributed by atoms with Crippen molar-refractivity contribution < 1.29 is 24.1 Å². The SMILES string of the molecule is CCOC(=O)C1=C2c3cnc(OCc4cccc(-c5c(C)cc(OCCC6(O)CC6)cc5C)c4)cc3C[C@@H]12. The van der Waals surface area contributed by atoms with Crippen LogP contribution in [0.25, 0.3) is 16.7 Å². The monoisotopic (exact) mass is 511 g/mol. The summed E-state index contributed by atoms with van der Waals surface area (Å²) in [4.78, 5) is 16.6. The van der Waals surface area contributed by atoms with E-state index in [1.165, 1.54) is 11.1 Å². The number of carbonyl (C=O) groups is 1. The Morgan fingerprint density at radius 3 is 2.63 bits per heavy atom. The molecule has 3 aliphatic carbocycles. The van der Waals surface area contributed by atoms with E-state index in [0.29, 0.717) is 32.1 Å². The van der Waals surface area contributed by atoms with Gasteiger partial charge in [-0.3, -0.25) is 0 Å². The van der Waals surface area contributed by atoms with Crippen molar-refractivity contribution in [3.63, 3.8) is 0 Å². The predicted molar refractivity (Wildman–Crippen MR) is 145 cm³/mol. The van der Waals surface area contributed by atoms with E-state index >= 15 is 0 Å². The Labute approximate surface area is 223 Å². The van der Waals surface area contributed by atoms with Gasteiger partial charge in [-0.1, -0.05) is 18.2 Å². The van der Waals surface area contributed by atoms with Crippen molar-refractivity contribution in [2.45, 2.75) is 58.7 Å². The highest BCUT2D eigenvalue weighted by Gasteiger charge is 2.48. The number of aromatic nitrogens is 1. The second-order valence-corrected chi connectivity index (χ2v) is 10.7. The normalized spacial score (nSPS) is 18.1. The zero-order valence-electron chi connectivity index (χ0n) is 22.2. The Hall–Kier alpha value is -3.64. The summed E-state index contributed by atoms with van der Waals surface area (Å²) in [6.07, 6.45) is 5.08. The van der Waals surface area contributed by atoms with Gasteiger partial charge in [0.1, 0.15) is 12.4 Å². The zero-order chi connectivity index (χ0) is 26.4. The number of hydrogen-bond donors (Lipinski definition) is 1. The Bertz CT molecular complexity index is 1430. The number of pyridine rings is 1. The third-order valence-corrected chi connectivity index (χ3v) is 7.85. The van der Waals surface area contributed by atoms with Crippen molar-refractivity contribution in [3.8, 4) is 22.8 Å². The van der Waals surface area contributed by atoms with Gasteiger partial charge in [-0.25, -0.2) is 9.78 Å². The van der Waals surface area contributed by atoms with Crippen LogP contribution in [0.2, 0.25) is 0 Å². The number of ether oxygens (including phenoxy) is 3. The van der Waals surface area contributed by atoms with Crippen LogP contribution in [0.3, 0.4) is 0 Å². The molecular weight excluding hydrogens is 478 g/mol. The third kappa shape index (κ3) is 4.81. The van der Waals surface area contributed by atoms with Gasteiger partial charge in [-0.15, -0.1) is 0 Å². The molecule has 0 radical (unpaired) electrons. The molecule has 1 fully saturated rings. The first kappa shape index (κ1) is 24.7. The third-order valence-electron chi connectivity index (χ3n) is 7.85. The lowest BCUT2D eigenvalue weighted by molar-refractivity contribution is -0.138. The van der Waals surface area contributed by atoms with Crippen molar-refractivity contribution >= 4 is 11.5 Å². The van der Waals surface area contributed by atoms with Gasteiger partial charge in [0.25, 0.3) is 0 Å². The standard InChI is InChI=1S/C32H33NO5/c1-4-36-31(34)30-25-15-23-16-27(33-17-26(23)29(25)30)38-18-21-6-5-7-22(14-21)28-19(2)12-24(13-20(28)3)37-11-10-32(35)8-9-32/h5-7,12-14,16-17,25,35H,4,8-11,15,18H2,1-3H3/t25-/m1/s1. The second-order valence-electron chi connectivity index (χ2n) is 10.7. The quantitative estimate of drug-likeness (QED) is 0.350. The van der Waals surface area contributed by atoms with E-state index in [9.17, 15) is 9.90 Å². The van der Waals surface area contributed by atoms with Crippen LogP contribution in [0.5, 0.6) is 11.6 Å². The molecule has 3 aromatic rings. The fourth-order valence-electron chi connectivity index (χ4n) is 5.64. The molecule has 0 saturated heterocycles. The highest BCUT2D eigenvalue weighted by atomic mass is 16.5. The average Bonchev–Trinajstić information content (AvgIpc) is 3.77. The van der Waals surface area contributed by atoms with Crippen LogP contribution in [0.15, 0.2) is 54.2 Å². The Morgan fingerprint density at radius 2 is 1.89 bits per heavy atom. The highest BCUT2D eigenvalue weighted by Crippen LogP contribution is 2.56. The van der Waals surface area contributed by atoms with E-state index in [1.54, 1.807) is 0 Å². The first-order valence-electron chi connectivity index (χ1n) is 13.4. The summed E-state index contributed by atoms with van der Waals surface area (Å²) < 4.78 is 17.2. The van der Waals surface area contributed by atoms with E-state index < -0.39 is 5.60 Å². The molecule has 1 saturated carbocycles. The smallest absolute Gasteiger partial charge is 0.334 e. The van der Waals surface area contributed by atoms with Crippen LogP contribution in [0.1, 0.15) is 54.0 Å². The van der Waals surface area contributed by atoms with Crippen LogP contribution in [-0.4, -0.2) is 34.9 Å². The van der Waals surface area contributed by atoms with E-state index in [2.05, 4.69) is 55.2 Å². The summed E-state index contributed by atoms with van der Waals surface area (Å²) >= 11 is 0. The van der Waals surface area contributed by atoms with Crippen molar-refractivity contribution in [2.24, 2.45) is 5.92 Å². The number of aryl methyl sites for hydroxylation is 2. The van der Waals surface area contributed by atoms with Crippen molar-refractivity contribution in [1.29, 1.82) is 0 Å². The Balaban J connectivity index is 1.11.